The van der Waals surface area contributed by atoms with Crippen LogP contribution in [0.2, 0.25) is 0 Å². The molecular weight excluding hydrogens is 210 g/mol. The summed E-state index contributed by atoms with van der Waals surface area (Å²) in [5.41, 5.74) is 2.48. The molecule has 0 radical (unpaired) electrons. The van der Waals surface area contributed by atoms with E-state index in [0.29, 0.717) is 13.2 Å². The molecule has 2 aliphatic rings. The third-order valence-electron chi connectivity index (χ3n) is 2.94. The van der Waals surface area contributed by atoms with Crippen molar-refractivity contribution in [2.24, 2.45) is 0 Å². The molecule has 0 spiro atoms. The van der Waals surface area contributed by atoms with Gasteiger partial charge in [-0.3, -0.25) is 0 Å². The summed E-state index contributed by atoms with van der Waals surface area (Å²) in [4.78, 5) is 22.6. The Kier molecular flexibility index (Phi) is 3.48. The molecule has 0 atom stereocenters. The molecule has 16 heavy (non-hydrogen) atoms. The highest BCUT2D eigenvalue weighted by molar-refractivity contribution is 5.78. The summed E-state index contributed by atoms with van der Waals surface area (Å²) in [5, 5.41) is 4.06. The van der Waals surface area contributed by atoms with E-state index in [-0.39, 0.29) is 12.1 Å². The number of hydrazine groups is 1. The topological polar surface area (TPSA) is 70.7 Å². The van der Waals surface area contributed by atoms with Crippen LogP contribution in [0, 0.1) is 0 Å². The Bertz CT molecular complexity index is 276. The first-order chi connectivity index (χ1) is 7.75. The van der Waals surface area contributed by atoms with Crippen LogP contribution in [0.5, 0.6) is 0 Å². The van der Waals surface area contributed by atoms with E-state index in [1.54, 1.807) is 0 Å². The van der Waals surface area contributed by atoms with E-state index in [9.17, 15) is 9.59 Å². The fourth-order valence-electron chi connectivity index (χ4n) is 2.08. The first kappa shape index (κ1) is 11.0. The number of carbonyl (C=O) groups is 2. The Morgan fingerprint density at radius 1 is 1.31 bits per heavy atom. The van der Waals surface area contributed by atoms with Crippen molar-refractivity contribution in [1.82, 2.24) is 15.8 Å². The van der Waals surface area contributed by atoms with Gasteiger partial charge >= 0.3 is 12.1 Å². The lowest BCUT2D eigenvalue weighted by molar-refractivity contribution is 0.145. The van der Waals surface area contributed by atoms with Crippen LogP contribution in [-0.2, 0) is 4.74 Å². The molecule has 90 valence electrons. The molecule has 1 aliphatic carbocycles. The van der Waals surface area contributed by atoms with Gasteiger partial charge in [-0.05, 0) is 12.8 Å². The van der Waals surface area contributed by atoms with E-state index < -0.39 is 6.09 Å². The average Bonchev–Trinajstić information content (AvgIpc) is 2.66. The molecule has 1 saturated heterocycles. The van der Waals surface area contributed by atoms with Crippen LogP contribution in [0.15, 0.2) is 0 Å². The standard InChI is InChI=1S/C10H17N3O3/c14-9(11-8-4-2-1-3-5-8)12-13-6-7-16-10(13)15/h8H,1-7H2,(H2,11,12,14). The number of urea groups is 1. The van der Waals surface area contributed by atoms with Gasteiger partial charge in [-0.1, -0.05) is 19.3 Å². The van der Waals surface area contributed by atoms with Crippen molar-refractivity contribution in [3.63, 3.8) is 0 Å². The van der Waals surface area contributed by atoms with Gasteiger partial charge in [0.25, 0.3) is 0 Å². The summed E-state index contributed by atoms with van der Waals surface area (Å²) >= 11 is 0. The largest absolute Gasteiger partial charge is 0.446 e. The van der Waals surface area contributed by atoms with Crippen molar-refractivity contribution in [3.05, 3.63) is 0 Å². The Balaban J connectivity index is 1.72. The van der Waals surface area contributed by atoms with Crippen LogP contribution >= 0.6 is 0 Å². The minimum Gasteiger partial charge on any atom is -0.446 e. The third kappa shape index (κ3) is 2.77. The van der Waals surface area contributed by atoms with Crippen molar-refractivity contribution in [3.8, 4) is 0 Å². The number of nitrogens with zero attached hydrogens (tertiary/aromatic N) is 1. The molecule has 1 saturated carbocycles. The summed E-state index contributed by atoms with van der Waals surface area (Å²) < 4.78 is 4.70. The van der Waals surface area contributed by atoms with Crippen LogP contribution in [0.1, 0.15) is 32.1 Å². The number of cyclic esters (lactones) is 1. The molecule has 0 aromatic rings. The second kappa shape index (κ2) is 5.05. The van der Waals surface area contributed by atoms with E-state index in [1.165, 1.54) is 11.4 Å². The lowest BCUT2D eigenvalue weighted by atomic mass is 9.96. The number of hydrogen-bond acceptors (Lipinski definition) is 3. The summed E-state index contributed by atoms with van der Waals surface area (Å²) in [5.74, 6) is 0. The lowest BCUT2D eigenvalue weighted by Crippen LogP contribution is -2.50. The van der Waals surface area contributed by atoms with Crippen LogP contribution < -0.4 is 10.7 Å². The molecule has 3 amide bonds. The van der Waals surface area contributed by atoms with Crippen molar-refractivity contribution < 1.29 is 14.3 Å². The molecule has 6 nitrogen and oxygen atoms in total. The van der Waals surface area contributed by atoms with Gasteiger partial charge in [0.05, 0.1) is 6.54 Å². The summed E-state index contributed by atoms with van der Waals surface area (Å²) in [6, 6.07) is -0.0712. The highest BCUT2D eigenvalue weighted by Gasteiger charge is 2.24. The minimum atomic E-state index is -0.487. The molecular formula is C10H17N3O3. The van der Waals surface area contributed by atoms with Crippen molar-refractivity contribution >= 4 is 12.1 Å². The maximum atomic E-state index is 11.5. The second-order valence-electron chi connectivity index (χ2n) is 4.19. The Morgan fingerprint density at radius 3 is 2.69 bits per heavy atom. The molecule has 1 aliphatic heterocycles. The number of ether oxygens (including phenoxy) is 1. The van der Waals surface area contributed by atoms with Gasteiger partial charge in [0.15, 0.2) is 0 Å². The van der Waals surface area contributed by atoms with Gasteiger partial charge in [0.2, 0.25) is 0 Å². The summed E-state index contributed by atoms with van der Waals surface area (Å²) in [7, 11) is 0. The average molecular weight is 227 g/mol. The number of amides is 3. The first-order valence-corrected chi connectivity index (χ1v) is 5.77. The zero-order valence-electron chi connectivity index (χ0n) is 9.20. The zero-order valence-corrected chi connectivity index (χ0v) is 9.20. The number of rotatable bonds is 2. The highest BCUT2D eigenvalue weighted by Crippen LogP contribution is 2.17. The van der Waals surface area contributed by atoms with Gasteiger partial charge in [-0.15, -0.1) is 0 Å². The fourth-order valence-corrected chi connectivity index (χ4v) is 2.08. The molecule has 2 N–H and O–H groups in total. The van der Waals surface area contributed by atoms with E-state index in [4.69, 9.17) is 4.74 Å². The smallest absolute Gasteiger partial charge is 0.428 e. The number of nitrogens with one attached hydrogen (secondary N) is 2. The van der Waals surface area contributed by atoms with Crippen molar-refractivity contribution in [2.45, 2.75) is 38.1 Å². The predicted molar refractivity (Wildman–Crippen MR) is 56.6 cm³/mol. The van der Waals surface area contributed by atoms with E-state index in [2.05, 4.69) is 10.7 Å². The Hall–Kier alpha value is -1.46. The Labute approximate surface area is 94.3 Å². The second-order valence-corrected chi connectivity index (χ2v) is 4.19. The van der Waals surface area contributed by atoms with Crippen LogP contribution in [0.4, 0.5) is 9.59 Å². The quantitative estimate of drug-likeness (QED) is 0.739. The molecule has 2 fully saturated rings. The van der Waals surface area contributed by atoms with E-state index in [1.807, 2.05) is 0 Å². The minimum absolute atomic E-state index is 0.243. The van der Waals surface area contributed by atoms with Crippen LogP contribution in [-0.4, -0.2) is 36.3 Å². The van der Waals surface area contributed by atoms with Gasteiger partial charge in [0.1, 0.15) is 6.61 Å². The SMILES string of the molecule is O=C(NC1CCCCC1)NN1CCOC1=O. The zero-order chi connectivity index (χ0) is 11.4. The molecule has 0 unspecified atom stereocenters. The normalized spacial score (nSPS) is 21.8. The Morgan fingerprint density at radius 2 is 2.06 bits per heavy atom. The molecule has 0 aromatic carbocycles. The lowest BCUT2D eigenvalue weighted by Gasteiger charge is -2.24. The monoisotopic (exact) mass is 227 g/mol. The van der Waals surface area contributed by atoms with Gasteiger partial charge in [-0.2, -0.15) is 0 Å². The number of hydrogen-bond donors (Lipinski definition) is 2. The molecule has 6 heteroatoms. The van der Waals surface area contributed by atoms with Crippen molar-refractivity contribution in [2.75, 3.05) is 13.2 Å². The maximum Gasteiger partial charge on any atom is 0.428 e. The van der Waals surface area contributed by atoms with E-state index in [0.717, 1.165) is 25.7 Å². The third-order valence-corrected chi connectivity index (χ3v) is 2.94. The number of carbonyl (C=O) groups excluding carboxylic acids is 2. The maximum absolute atomic E-state index is 11.5. The first-order valence-electron chi connectivity index (χ1n) is 5.77. The van der Waals surface area contributed by atoms with E-state index >= 15 is 0 Å². The van der Waals surface area contributed by atoms with Gasteiger partial charge < -0.3 is 10.1 Å². The molecule has 0 bridgehead atoms. The fraction of sp³-hybridized carbons (Fsp3) is 0.800. The summed E-state index contributed by atoms with van der Waals surface area (Å²) in [6.45, 7) is 0.749. The molecule has 2 rings (SSSR count). The van der Waals surface area contributed by atoms with Gasteiger partial charge in [0, 0.05) is 6.04 Å². The predicted octanol–water partition coefficient (Wildman–Crippen LogP) is 0.985. The van der Waals surface area contributed by atoms with Crippen LogP contribution in [0.3, 0.4) is 0 Å². The van der Waals surface area contributed by atoms with Crippen LogP contribution in [0.25, 0.3) is 0 Å². The molecule has 1 heterocycles. The summed E-state index contributed by atoms with van der Waals surface area (Å²) in [6.07, 6.45) is 5.14. The molecule has 0 aromatic heterocycles. The van der Waals surface area contributed by atoms with Gasteiger partial charge in [-0.25, -0.2) is 20.0 Å². The van der Waals surface area contributed by atoms with Crippen molar-refractivity contribution in [1.29, 1.82) is 0 Å². The highest BCUT2D eigenvalue weighted by atomic mass is 16.6.